The molecule has 2 amide bonds. The van der Waals surface area contributed by atoms with E-state index in [0.29, 0.717) is 0 Å². The van der Waals surface area contributed by atoms with Crippen LogP contribution in [-0.4, -0.2) is 6.03 Å². The summed E-state index contributed by atoms with van der Waals surface area (Å²) in [6.45, 7) is 0. The van der Waals surface area contributed by atoms with Crippen molar-refractivity contribution in [1.29, 1.82) is 0 Å². The first-order valence-corrected chi connectivity index (χ1v) is 4.56. The molecule has 76 valence electrons. The van der Waals surface area contributed by atoms with Gasteiger partial charge in [-0.05, 0) is 11.5 Å². The minimum Gasteiger partial charge on any atom is -0.350 e. The van der Waals surface area contributed by atoms with E-state index in [1.165, 1.54) is 0 Å². The Morgan fingerprint density at radius 2 is 1.80 bits per heavy atom. The third-order valence-corrected chi connectivity index (χ3v) is 2.11. The number of urea groups is 1. The lowest BCUT2D eigenvalue weighted by molar-refractivity contribution is 0.250. The lowest BCUT2D eigenvalue weighted by Gasteiger charge is -2.08. The molecule has 0 radical (unpaired) electrons. The molecule has 0 aliphatic rings. The summed E-state index contributed by atoms with van der Waals surface area (Å²) in [6, 6.07) is 13.1. The highest BCUT2D eigenvalue weighted by molar-refractivity contribution is 5.94. The van der Waals surface area contributed by atoms with Gasteiger partial charge >= 0.3 is 6.03 Å². The molecule has 0 saturated heterocycles. The molecule has 2 aromatic carbocycles. The third kappa shape index (κ3) is 1.99. The predicted molar refractivity (Wildman–Crippen MR) is 60.3 cm³/mol. The quantitative estimate of drug-likeness (QED) is 0.649. The van der Waals surface area contributed by atoms with Crippen molar-refractivity contribution >= 4 is 22.5 Å². The lowest BCUT2D eigenvalue weighted by atomic mass is 10.1. The number of primary amides is 1. The number of hydrogen-bond donors (Lipinski definition) is 3. The number of amides is 2. The molecule has 0 heterocycles. The summed E-state index contributed by atoms with van der Waals surface area (Å²) in [6.07, 6.45) is 0. The van der Waals surface area contributed by atoms with Crippen LogP contribution in [0.1, 0.15) is 0 Å². The molecular weight excluding hydrogens is 190 g/mol. The number of carbonyl (C=O) groups is 1. The van der Waals surface area contributed by atoms with Gasteiger partial charge < -0.3 is 5.73 Å². The number of benzene rings is 2. The average Bonchev–Trinajstić information content (AvgIpc) is 2.26. The van der Waals surface area contributed by atoms with Gasteiger partial charge in [0, 0.05) is 5.39 Å². The number of hydrogen-bond acceptors (Lipinski definition) is 2. The molecule has 15 heavy (non-hydrogen) atoms. The van der Waals surface area contributed by atoms with Crippen molar-refractivity contribution in [1.82, 2.24) is 5.43 Å². The maximum atomic E-state index is 10.6. The molecule has 0 atom stereocenters. The summed E-state index contributed by atoms with van der Waals surface area (Å²) in [5, 5.41) is 2.14. The minimum absolute atomic E-state index is 0.608. The topological polar surface area (TPSA) is 67.2 Å². The van der Waals surface area contributed by atoms with Gasteiger partial charge in [0.2, 0.25) is 0 Å². The fourth-order valence-electron chi connectivity index (χ4n) is 1.46. The van der Waals surface area contributed by atoms with Gasteiger partial charge in [0.1, 0.15) is 0 Å². The Morgan fingerprint density at radius 3 is 2.60 bits per heavy atom. The number of fused-ring (bicyclic) bond motifs is 1. The Balaban J connectivity index is 2.38. The molecule has 2 aromatic rings. The van der Waals surface area contributed by atoms with E-state index in [9.17, 15) is 4.79 Å². The normalized spacial score (nSPS) is 9.87. The molecule has 4 nitrogen and oxygen atoms in total. The standard InChI is InChI=1S/C11H11N3O/c12-11(15)14-13-10-7-3-5-8-4-1-2-6-9(8)10/h1-7,13H,(H3,12,14,15). The van der Waals surface area contributed by atoms with E-state index < -0.39 is 6.03 Å². The van der Waals surface area contributed by atoms with Crippen LogP contribution >= 0.6 is 0 Å². The second kappa shape index (κ2) is 3.88. The Kier molecular flexibility index (Phi) is 2.41. The molecule has 0 bridgehead atoms. The molecule has 0 fully saturated rings. The van der Waals surface area contributed by atoms with E-state index in [2.05, 4.69) is 10.9 Å². The largest absolute Gasteiger partial charge is 0.350 e. The number of anilines is 1. The molecular formula is C11H11N3O. The molecule has 0 saturated carbocycles. The highest BCUT2D eigenvalue weighted by Gasteiger charge is 1.99. The van der Waals surface area contributed by atoms with Gasteiger partial charge in [0.05, 0.1) is 5.69 Å². The lowest BCUT2D eigenvalue weighted by Crippen LogP contribution is -2.34. The second-order valence-corrected chi connectivity index (χ2v) is 3.14. The summed E-state index contributed by atoms with van der Waals surface area (Å²) in [7, 11) is 0. The molecule has 4 heteroatoms. The number of nitrogens with one attached hydrogen (secondary N) is 2. The van der Waals surface area contributed by atoms with Crippen molar-refractivity contribution < 1.29 is 4.79 Å². The zero-order chi connectivity index (χ0) is 10.7. The number of rotatable bonds is 2. The molecule has 0 unspecified atom stereocenters. The summed E-state index contributed by atoms with van der Waals surface area (Å²) in [5.74, 6) is 0. The monoisotopic (exact) mass is 201 g/mol. The molecule has 4 N–H and O–H groups in total. The molecule has 0 spiro atoms. The highest BCUT2D eigenvalue weighted by Crippen LogP contribution is 2.21. The fraction of sp³-hybridized carbons (Fsp3) is 0. The Bertz CT molecular complexity index is 491. The minimum atomic E-state index is -0.608. The maximum absolute atomic E-state index is 10.6. The first-order valence-electron chi connectivity index (χ1n) is 4.56. The third-order valence-electron chi connectivity index (χ3n) is 2.11. The van der Waals surface area contributed by atoms with Crippen LogP contribution in [-0.2, 0) is 0 Å². The van der Waals surface area contributed by atoms with Crippen LogP contribution < -0.4 is 16.6 Å². The number of nitrogens with two attached hydrogens (primary N) is 1. The van der Waals surface area contributed by atoms with Crippen LogP contribution in [0.25, 0.3) is 10.8 Å². The van der Waals surface area contributed by atoms with E-state index >= 15 is 0 Å². The van der Waals surface area contributed by atoms with Crippen molar-refractivity contribution in [2.45, 2.75) is 0 Å². The number of carbonyl (C=O) groups excluding carboxylic acids is 1. The summed E-state index contributed by atoms with van der Waals surface area (Å²) in [5.41, 5.74) is 10.9. The molecule has 2 rings (SSSR count). The van der Waals surface area contributed by atoms with Crippen LogP contribution in [0.15, 0.2) is 42.5 Å². The Morgan fingerprint density at radius 1 is 1.07 bits per heavy atom. The fourth-order valence-corrected chi connectivity index (χ4v) is 1.46. The van der Waals surface area contributed by atoms with E-state index in [4.69, 9.17) is 5.73 Å². The second-order valence-electron chi connectivity index (χ2n) is 3.14. The van der Waals surface area contributed by atoms with Crippen LogP contribution in [0.2, 0.25) is 0 Å². The van der Waals surface area contributed by atoms with Crippen molar-refractivity contribution in [3.8, 4) is 0 Å². The SMILES string of the molecule is NC(=O)NNc1cccc2ccccc12. The Labute approximate surface area is 87.0 Å². The summed E-state index contributed by atoms with van der Waals surface area (Å²) < 4.78 is 0. The van der Waals surface area contributed by atoms with Crippen LogP contribution in [0.5, 0.6) is 0 Å². The zero-order valence-electron chi connectivity index (χ0n) is 8.03. The van der Waals surface area contributed by atoms with Crippen LogP contribution in [0.3, 0.4) is 0 Å². The van der Waals surface area contributed by atoms with Gasteiger partial charge in [-0.25, -0.2) is 4.79 Å². The smallest absolute Gasteiger partial charge is 0.330 e. The molecule has 0 aliphatic carbocycles. The van der Waals surface area contributed by atoms with Crippen LogP contribution in [0, 0.1) is 0 Å². The van der Waals surface area contributed by atoms with Gasteiger partial charge in [0.25, 0.3) is 0 Å². The first kappa shape index (κ1) is 9.33. The van der Waals surface area contributed by atoms with Crippen molar-refractivity contribution in [2.24, 2.45) is 5.73 Å². The van der Waals surface area contributed by atoms with Gasteiger partial charge in [-0.1, -0.05) is 36.4 Å². The zero-order valence-corrected chi connectivity index (χ0v) is 8.03. The van der Waals surface area contributed by atoms with Crippen LogP contribution in [0.4, 0.5) is 10.5 Å². The van der Waals surface area contributed by atoms with Crippen molar-refractivity contribution in [3.05, 3.63) is 42.5 Å². The first-order chi connectivity index (χ1) is 7.27. The molecule has 0 aliphatic heterocycles. The van der Waals surface area contributed by atoms with Gasteiger partial charge in [0.15, 0.2) is 0 Å². The van der Waals surface area contributed by atoms with Gasteiger partial charge in [-0.3, -0.25) is 10.9 Å². The van der Waals surface area contributed by atoms with Gasteiger partial charge in [-0.15, -0.1) is 0 Å². The van der Waals surface area contributed by atoms with E-state index in [0.717, 1.165) is 16.5 Å². The highest BCUT2D eigenvalue weighted by atomic mass is 16.2. The maximum Gasteiger partial charge on any atom is 0.330 e. The Hall–Kier alpha value is -2.23. The van der Waals surface area contributed by atoms with E-state index in [-0.39, 0.29) is 0 Å². The summed E-state index contributed by atoms with van der Waals surface area (Å²) in [4.78, 5) is 10.6. The van der Waals surface area contributed by atoms with Crippen molar-refractivity contribution in [3.63, 3.8) is 0 Å². The van der Waals surface area contributed by atoms with Gasteiger partial charge in [-0.2, -0.15) is 0 Å². The molecule has 0 aromatic heterocycles. The average molecular weight is 201 g/mol. The predicted octanol–water partition coefficient (Wildman–Crippen LogP) is 1.83. The summed E-state index contributed by atoms with van der Waals surface area (Å²) >= 11 is 0. The van der Waals surface area contributed by atoms with E-state index in [1.54, 1.807) is 0 Å². The van der Waals surface area contributed by atoms with E-state index in [1.807, 2.05) is 42.5 Å². The van der Waals surface area contributed by atoms with Crippen molar-refractivity contribution in [2.75, 3.05) is 5.43 Å². The number of hydrazine groups is 1.